The molecule has 104 valence electrons. The maximum absolute atomic E-state index is 5.95. The third kappa shape index (κ3) is 5.20. The number of thioether (sulfide) groups is 1. The summed E-state index contributed by atoms with van der Waals surface area (Å²) in [5.41, 5.74) is 0. The lowest BCUT2D eigenvalue weighted by Crippen LogP contribution is -2.40. The monoisotopic (exact) mass is 279 g/mol. The van der Waals surface area contributed by atoms with E-state index in [-0.39, 0.29) is 6.10 Å². The molecule has 0 spiro atoms. The molecule has 0 bridgehead atoms. The summed E-state index contributed by atoms with van der Waals surface area (Å²) in [6, 6.07) is 0. The lowest BCUT2D eigenvalue weighted by Gasteiger charge is -2.30. The molecule has 1 aliphatic rings. The van der Waals surface area contributed by atoms with Crippen molar-refractivity contribution in [2.45, 2.75) is 18.9 Å². The minimum atomic E-state index is 0.165. The Hall–Kier alpha value is -1.07. The molecule has 0 N–H and O–H groups in total. The number of rotatable bonds is 7. The summed E-state index contributed by atoms with van der Waals surface area (Å²) in [6.07, 6.45) is 9.05. The topological polar surface area (TPSA) is 38.2 Å². The van der Waals surface area contributed by atoms with E-state index in [0.717, 1.165) is 32.5 Å². The Balaban J connectivity index is 1.88. The Morgan fingerprint density at radius 2 is 2.26 bits per heavy atom. The molecule has 0 radical (unpaired) electrons. The minimum Gasteiger partial charge on any atom is -0.472 e. The molecule has 0 aliphatic carbocycles. The molecule has 5 heteroatoms. The van der Waals surface area contributed by atoms with Crippen LogP contribution in [0.4, 0.5) is 0 Å². The first-order valence-electron chi connectivity index (χ1n) is 6.72. The number of nitrogens with zero attached hydrogens (tertiary/aromatic N) is 3. The molecule has 2 rings (SSSR count). The van der Waals surface area contributed by atoms with Gasteiger partial charge in [-0.1, -0.05) is 6.08 Å². The van der Waals surface area contributed by atoms with Gasteiger partial charge in [-0.3, -0.25) is 9.88 Å². The van der Waals surface area contributed by atoms with Crippen LogP contribution in [0.25, 0.3) is 0 Å². The van der Waals surface area contributed by atoms with Crippen LogP contribution in [0, 0.1) is 0 Å². The summed E-state index contributed by atoms with van der Waals surface area (Å²) in [6.45, 7) is 7.05. The Labute approximate surface area is 119 Å². The Bertz CT molecular complexity index is 368. The lowest BCUT2D eigenvalue weighted by atomic mass is 10.2. The van der Waals surface area contributed by atoms with E-state index >= 15 is 0 Å². The number of ether oxygens (including phenoxy) is 1. The number of hydrogen-bond acceptors (Lipinski definition) is 5. The molecule has 0 saturated carbocycles. The second kappa shape index (κ2) is 8.17. The molecule has 1 aromatic rings. The van der Waals surface area contributed by atoms with Crippen molar-refractivity contribution in [3.05, 3.63) is 31.2 Å². The van der Waals surface area contributed by atoms with Gasteiger partial charge in [-0.25, -0.2) is 4.98 Å². The van der Waals surface area contributed by atoms with Gasteiger partial charge in [-0.2, -0.15) is 11.8 Å². The number of hydrogen-bond donors (Lipinski definition) is 0. The molecule has 1 aromatic heterocycles. The van der Waals surface area contributed by atoms with Crippen molar-refractivity contribution in [1.29, 1.82) is 0 Å². The third-order valence-corrected chi connectivity index (χ3v) is 4.03. The van der Waals surface area contributed by atoms with Crippen LogP contribution in [0.15, 0.2) is 31.2 Å². The molecule has 1 aliphatic heterocycles. The summed E-state index contributed by atoms with van der Waals surface area (Å²) in [4.78, 5) is 10.7. The van der Waals surface area contributed by atoms with E-state index in [0.29, 0.717) is 5.88 Å². The number of aromatic nitrogens is 2. The molecule has 0 aromatic carbocycles. The average Bonchev–Trinajstić information content (AvgIpc) is 2.47. The summed E-state index contributed by atoms with van der Waals surface area (Å²) in [5, 5.41) is 0. The summed E-state index contributed by atoms with van der Waals surface area (Å²) < 4.78 is 5.95. The van der Waals surface area contributed by atoms with Crippen LogP contribution in [0.2, 0.25) is 0 Å². The first kappa shape index (κ1) is 14.3. The van der Waals surface area contributed by atoms with Gasteiger partial charge in [0.15, 0.2) is 0 Å². The van der Waals surface area contributed by atoms with E-state index < -0.39 is 0 Å². The molecule has 0 amide bonds. The fourth-order valence-electron chi connectivity index (χ4n) is 2.08. The molecule has 1 fully saturated rings. The summed E-state index contributed by atoms with van der Waals surface area (Å²) in [7, 11) is 0. The molecule has 4 nitrogen and oxygen atoms in total. The van der Waals surface area contributed by atoms with Crippen molar-refractivity contribution < 1.29 is 4.74 Å². The van der Waals surface area contributed by atoms with Gasteiger partial charge in [0, 0.05) is 43.5 Å². The van der Waals surface area contributed by atoms with Gasteiger partial charge in [-0.15, -0.1) is 6.58 Å². The molecule has 2 heterocycles. The first-order chi connectivity index (χ1) is 9.38. The van der Waals surface area contributed by atoms with E-state index in [4.69, 9.17) is 4.74 Å². The van der Waals surface area contributed by atoms with Gasteiger partial charge in [0.1, 0.15) is 6.10 Å². The van der Waals surface area contributed by atoms with Gasteiger partial charge >= 0.3 is 0 Å². The maximum atomic E-state index is 5.95. The Morgan fingerprint density at radius 1 is 1.42 bits per heavy atom. The van der Waals surface area contributed by atoms with Crippen LogP contribution in [-0.2, 0) is 0 Å². The van der Waals surface area contributed by atoms with Crippen LogP contribution >= 0.6 is 11.8 Å². The Morgan fingerprint density at radius 3 is 2.95 bits per heavy atom. The predicted octanol–water partition coefficient (Wildman–Crippen LogP) is 2.24. The van der Waals surface area contributed by atoms with Gasteiger partial charge in [0.05, 0.1) is 6.20 Å². The van der Waals surface area contributed by atoms with Crippen molar-refractivity contribution in [3.63, 3.8) is 0 Å². The normalized spacial score (nSPS) is 17.9. The fourth-order valence-corrected chi connectivity index (χ4v) is 3.06. The zero-order valence-electron chi connectivity index (χ0n) is 11.2. The number of allylic oxidation sites excluding steroid dienone is 1. The molecule has 19 heavy (non-hydrogen) atoms. The van der Waals surface area contributed by atoms with Crippen molar-refractivity contribution in [3.8, 4) is 5.88 Å². The second-order valence-corrected chi connectivity index (χ2v) is 5.79. The van der Waals surface area contributed by atoms with Gasteiger partial charge in [0.2, 0.25) is 5.88 Å². The maximum Gasteiger partial charge on any atom is 0.232 e. The van der Waals surface area contributed by atoms with Crippen LogP contribution in [0.3, 0.4) is 0 Å². The lowest BCUT2D eigenvalue weighted by molar-refractivity contribution is 0.126. The van der Waals surface area contributed by atoms with E-state index in [1.807, 2.05) is 17.8 Å². The highest BCUT2D eigenvalue weighted by atomic mass is 32.2. The van der Waals surface area contributed by atoms with Crippen LogP contribution in [0.5, 0.6) is 5.88 Å². The van der Waals surface area contributed by atoms with Crippen LogP contribution < -0.4 is 4.74 Å². The van der Waals surface area contributed by atoms with Crippen LogP contribution in [-0.4, -0.2) is 52.1 Å². The zero-order valence-corrected chi connectivity index (χ0v) is 12.0. The minimum absolute atomic E-state index is 0.165. The van der Waals surface area contributed by atoms with Gasteiger partial charge in [-0.05, 0) is 12.8 Å². The molecular weight excluding hydrogens is 258 g/mol. The smallest absolute Gasteiger partial charge is 0.232 e. The SMILES string of the molecule is C=CCC[C@@H](CN1CCSCC1)Oc1cnccn1. The van der Waals surface area contributed by atoms with E-state index in [1.54, 1.807) is 18.6 Å². The zero-order chi connectivity index (χ0) is 13.3. The van der Waals surface area contributed by atoms with Gasteiger partial charge in [0.25, 0.3) is 0 Å². The average molecular weight is 279 g/mol. The van der Waals surface area contributed by atoms with Crippen molar-refractivity contribution >= 4 is 11.8 Å². The third-order valence-electron chi connectivity index (χ3n) is 3.09. The highest BCUT2D eigenvalue weighted by molar-refractivity contribution is 7.99. The molecular formula is C14H21N3OS. The fraction of sp³-hybridized carbons (Fsp3) is 0.571. The molecule has 0 unspecified atom stereocenters. The summed E-state index contributed by atoms with van der Waals surface area (Å²) >= 11 is 2.03. The van der Waals surface area contributed by atoms with E-state index in [1.165, 1.54) is 11.5 Å². The quantitative estimate of drug-likeness (QED) is 0.716. The Kier molecular flexibility index (Phi) is 6.17. The summed E-state index contributed by atoms with van der Waals surface area (Å²) in [5.74, 6) is 3.06. The highest BCUT2D eigenvalue weighted by Gasteiger charge is 2.18. The van der Waals surface area contributed by atoms with Gasteiger partial charge < -0.3 is 4.74 Å². The molecule has 1 atom stereocenters. The van der Waals surface area contributed by atoms with Crippen molar-refractivity contribution in [1.82, 2.24) is 14.9 Å². The predicted molar refractivity (Wildman–Crippen MR) is 79.6 cm³/mol. The highest BCUT2D eigenvalue weighted by Crippen LogP contribution is 2.14. The van der Waals surface area contributed by atoms with E-state index in [9.17, 15) is 0 Å². The second-order valence-electron chi connectivity index (χ2n) is 4.56. The van der Waals surface area contributed by atoms with E-state index in [2.05, 4.69) is 21.4 Å². The van der Waals surface area contributed by atoms with Crippen LogP contribution in [0.1, 0.15) is 12.8 Å². The standard InChI is InChI=1S/C14H21N3OS/c1-2-3-4-13(12-17-7-9-19-10-8-17)18-14-11-15-5-6-16-14/h2,5-6,11,13H,1,3-4,7-10,12H2/t13-/m0/s1. The van der Waals surface area contributed by atoms with Crippen molar-refractivity contribution in [2.75, 3.05) is 31.1 Å². The first-order valence-corrected chi connectivity index (χ1v) is 7.87. The molecule has 1 saturated heterocycles. The van der Waals surface area contributed by atoms with Crippen molar-refractivity contribution in [2.24, 2.45) is 0 Å². The largest absolute Gasteiger partial charge is 0.472 e.